The summed E-state index contributed by atoms with van der Waals surface area (Å²) >= 11 is -0.214. The zero-order chi connectivity index (χ0) is 34.2. The van der Waals surface area contributed by atoms with E-state index < -0.39 is 0 Å². The Bertz CT molecular complexity index is 1860. The molecular formula is C44H53MoN2O-. The van der Waals surface area contributed by atoms with Crippen LogP contribution >= 0.6 is 0 Å². The van der Waals surface area contributed by atoms with Crippen LogP contribution in [0.3, 0.4) is 0 Å². The van der Waals surface area contributed by atoms with E-state index in [1.807, 2.05) is 45.0 Å². The number of benzene rings is 4. The number of hydrogen-bond donors (Lipinski definition) is 1. The molecule has 0 radical (unpaired) electrons. The van der Waals surface area contributed by atoms with Gasteiger partial charge in [-0.05, 0) is 70.6 Å². The van der Waals surface area contributed by atoms with E-state index in [4.69, 9.17) is 3.50 Å². The Balaban J connectivity index is 0.000000145. The Hall–Kier alpha value is -3.16. The third-order valence-corrected chi connectivity index (χ3v) is 13.8. The van der Waals surface area contributed by atoms with Crippen LogP contribution in [0.5, 0.6) is 5.75 Å². The van der Waals surface area contributed by atoms with Gasteiger partial charge in [-0.1, -0.05) is 80.6 Å². The van der Waals surface area contributed by atoms with Gasteiger partial charge in [0.1, 0.15) is 5.75 Å². The van der Waals surface area contributed by atoms with Gasteiger partial charge in [0.15, 0.2) is 0 Å². The summed E-state index contributed by atoms with van der Waals surface area (Å²) in [6.07, 6.45) is 8.96. The van der Waals surface area contributed by atoms with Gasteiger partial charge in [0.2, 0.25) is 0 Å². The third kappa shape index (κ3) is 7.68. The first kappa shape index (κ1) is 34.7. The van der Waals surface area contributed by atoms with Crippen LogP contribution in [-0.2, 0) is 17.9 Å². The monoisotopic (exact) mass is 723 g/mol. The summed E-state index contributed by atoms with van der Waals surface area (Å²) in [6, 6.07) is 25.0. The Morgan fingerprint density at radius 3 is 1.67 bits per heavy atom. The Morgan fingerprint density at radius 2 is 1.19 bits per heavy atom. The first-order chi connectivity index (χ1) is 22.8. The molecule has 0 unspecified atom stereocenters. The Kier molecular flexibility index (Phi) is 10.1. The number of aromatic hydroxyl groups is 1. The summed E-state index contributed by atoms with van der Waals surface area (Å²) in [5.74, 6) is 3.53. The number of fused-ring (bicyclic) bond motifs is 2. The average molecular weight is 722 g/mol. The molecule has 0 atom stereocenters. The zero-order valence-electron chi connectivity index (χ0n) is 30.2. The molecule has 0 amide bonds. The van der Waals surface area contributed by atoms with Gasteiger partial charge in [0.25, 0.3) is 0 Å². The quantitative estimate of drug-likeness (QED) is 0.185. The van der Waals surface area contributed by atoms with Gasteiger partial charge in [-0.2, -0.15) is 11.4 Å². The first-order valence-electron chi connectivity index (χ1n) is 17.8. The molecule has 4 aromatic carbocycles. The molecule has 4 heteroatoms. The maximum Gasteiger partial charge on any atom is 0.126 e. The smallest absolute Gasteiger partial charge is 0.126 e. The van der Waals surface area contributed by atoms with E-state index in [1.165, 1.54) is 60.4 Å². The fraction of sp³-hybridized carbons (Fsp3) is 0.432. The second kappa shape index (κ2) is 14.0. The minimum absolute atomic E-state index is 0.214. The van der Waals surface area contributed by atoms with Crippen LogP contribution in [0.1, 0.15) is 87.4 Å². The summed E-state index contributed by atoms with van der Waals surface area (Å²) in [5, 5.41) is 15.6. The molecule has 1 aromatic heterocycles. The van der Waals surface area contributed by atoms with Crippen LogP contribution in [0.4, 0.5) is 0 Å². The van der Waals surface area contributed by atoms with Crippen molar-refractivity contribution in [3.8, 4) is 16.9 Å². The van der Waals surface area contributed by atoms with Crippen molar-refractivity contribution in [1.82, 2.24) is 4.98 Å². The van der Waals surface area contributed by atoms with Gasteiger partial charge in [-0.3, -0.25) is 0 Å². The molecule has 4 aliphatic rings. The van der Waals surface area contributed by atoms with Crippen LogP contribution in [0.25, 0.3) is 32.7 Å². The van der Waals surface area contributed by atoms with Crippen molar-refractivity contribution >= 4 is 25.9 Å². The maximum atomic E-state index is 10.9. The van der Waals surface area contributed by atoms with Gasteiger partial charge in [0.05, 0.1) is 0 Å². The van der Waals surface area contributed by atoms with Crippen molar-refractivity contribution in [2.24, 2.45) is 26.7 Å². The van der Waals surface area contributed by atoms with Gasteiger partial charge < -0.3 is 10.1 Å². The fourth-order valence-corrected chi connectivity index (χ4v) is 10.7. The predicted octanol–water partition coefficient (Wildman–Crippen LogP) is 11.6. The summed E-state index contributed by atoms with van der Waals surface area (Å²) in [6.45, 7) is 17.2. The number of hydrogen-bond acceptors (Lipinski definition) is 2. The number of aryl methyl sites for hydroxylation is 4. The summed E-state index contributed by atoms with van der Waals surface area (Å²) in [5.41, 5.74) is 8.54. The van der Waals surface area contributed by atoms with E-state index in [0.717, 1.165) is 56.6 Å². The standard InChI is InChI=1S/C23H20O.C10H15N.C6H8N.C5H10.Mo/c1-14-12-17-8-4-6-10-19(17)21(16(14)3)22-20-11-7-5-9-18(20)13-15(2)23(22)24;11-10-4-7-1-8(5-10)3-9(2-7)6-10;1-5-3-4-6(2)7-5;1-5(2,3)4;/h4-13,24H,1-3H3;7-9H,1-6H2;3-4H,1-2H3;1H,2-4H3;/q;;-1;;. The molecule has 1 heterocycles. The summed E-state index contributed by atoms with van der Waals surface area (Å²) in [7, 11) is 0. The summed E-state index contributed by atoms with van der Waals surface area (Å²) < 4.78 is 7.80. The maximum absolute atomic E-state index is 10.9. The number of nitrogens with zero attached hydrogens (tertiary/aromatic N) is 2. The van der Waals surface area contributed by atoms with Crippen LogP contribution in [-0.4, -0.2) is 15.0 Å². The van der Waals surface area contributed by atoms with Gasteiger partial charge >= 0.3 is 114 Å². The number of phenolic OH excluding ortho intramolecular Hbond substituents is 1. The van der Waals surface area contributed by atoms with E-state index in [1.54, 1.807) is 0 Å². The SMILES string of the molecule is CC(C)(C)[CH]=[Mo]=[N]C12CC3CC(CC(C3)C1)C2.Cc1cc2ccccc2c(-c2c(O)c(C)cc3ccccc23)c1C.Cc1ccc(C)[n-]1. The average Bonchev–Trinajstić information content (AvgIpc) is 3.40. The van der Waals surface area contributed by atoms with Crippen molar-refractivity contribution < 1.29 is 23.0 Å². The van der Waals surface area contributed by atoms with Crippen molar-refractivity contribution in [2.45, 2.75) is 99.5 Å². The number of aromatic nitrogens is 1. The van der Waals surface area contributed by atoms with Crippen molar-refractivity contribution in [3.63, 3.8) is 0 Å². The van der Waals surface area contributed by atoms with Gasteiger partial charge in [-0.15, -0.1) is 0 Å². The van der Waals surface area contributed by atoms with E-state index in [2.05, 4.69) is 92.5 Å². The van der Waals surface area contributed by atoms with Crippen molar-refractivity contribution in [1.29, 1.82) is 0 Å². The molecule has 5 aromatic rings. The molecule has 4 bridgehead atoms. The molecule has 252 valence electrons. The minimum Gasteiger partial charge on any atom is -0.665 e. The van der Waals surface area contributed by atoms with Crippen LogP contribution in [0.15, 0.2) is 76.3 Å². The van der Waals surface area contributed by atoms with E-state index in [0.29, 0.717) is 16.7 Å². The largest absolute Gasteiger partial charge is 0.665 e. The normalized spacial score (nSPS) is 22.5. The Morgan fingerprint density at radius 1 is 0.708 bits per heavy atom. The molecule has 0 aliphatic heterocycles. The van der Waals surface area contributed by atoms with E-state index in [-0.39, 0.29) is 17.9 Å². The molecule has 48 heavy (non-hydrogen) atoms. The van der Waals surface area contributed by atoms with E-state index >= 15 is 0 Å². The van der Waals surface area contributed by atoms with Gasteiger partial charge in [-0.25, -0.2) is 0 Å². The van der Waals surface area contributed by atoms with Crippen LogP contribution < -0.4 is 4.98 Å². The molecule has 4 aliphatic carbocycles. The van der Waals surface area contributed by atoms with Crippen LogP contribution in [0, 0.1) is 57.8 Å². The molecule has 0 saturated heterocycles. The van der Waals surface area contributed by atoms with Crippen LogP contribution in [0.2, 0.25) is 0 Å². The second-order valence-electron chi connectivity index (χ2n) is 16.1. The predicted molar refractivity (Wildman–Crippen MR) is 201 cm³/mol. The zero-order valence-corrected chi connectivity index (χ0v) is 32.2. The van der Waals surface area contributed by atoms with Gasteiger partial charge in [0, 0.05) is 5.56 Å². The van der Waals surface area contributed by atoms with E-state index in [9.17, 15) is 5.11 Å². The van der Waals surface area contributed by atoms with Crippen molar-refractivity contribution in [2.75, 3.05) is 0 Å². The molecular weight excluding hydrogens is 668 g/mol. The fourth-order valence-electron chi connectivity index (χ4n) is 8.71. The molecule has 1 N–H and O–H groups in total. The summed E-state index contributed by atoms with van der Waals surface area (Å²) in [4.78, 5) is 4.11. The Labute approximate surface area is 296 Å². The topological polar surface area (TPSA) is 46.7 Å². The molecule has 3 nitrogen and oxygen atoms in total. The third-order valence-electron chi connectivity index (χ3n) is 10.6. The number of phenols is 1. The second-order valence-corrected chi connectivity index (χ2v) is 17.6. The first-order valence-corrected chi connectivity index (χ1v) is 19.9. The minimum atomic E-state index is -0.214. The molecule has 4 fully saturated rings. The molecule has 9 rings (SSSR count). The van der Waals surface area contributed by atoms with Crippen molar-refractivity contribution in [3.05, 3.63) is 101 Å². The molecule has 4 saturated carbocycles. The molecule has 0 spiro atoms. The number of rotatable bonds is 2.